The molecule has 0 spiro atoms. The molecule has 0 N–H and O–H groups in total. The van der Waals surface area contributed by atoms with Gasteiger partial charge >= 0.3 is 0 Å². The maximum absolute atomic E-state index is 13.0. The second kappa shape index (κ2) is 7.57. The van der Waals surface area contributed by atoms with E-state index >= 15 is 0 Å². The van der Waals surface area contributed by atoms with E-state index in [1.54, 1.807) is 7.11 Å². The molecule has 116 valence electrons. The van der Waals surface area contributed by atoms with Crippen molar-refractivity contribution in [3.63, 3.8) is 0 Å². The molecule has 1 fully saturated rings. The summed E-state index contributed by atoms with van der Waals surface area (Å²) in [6.45, 7) is 3.42. The normalized spacial score (nSPS) is 16.9. The van der Waals surface area contributed by atoms with Gasteiger partial charge in [0.05, 0.1) is 12.2 Å². The number of hydrogen-bond acceptors (Lipinski definition) is 4. The molecule has 4 heteroatoms. The van der Waals surface area contributed by atoms with Crippen LogP contribution in [-0.2, 0) is 9.47 Å². The van der Waals surface area contributed by atoms with Crippen LogP contribution in [0.5, 0.6) is 5.75 Å². The van der Waals surface area contributed by atoms with Crippen molar-refractivity contribution in [3.05, 3.63) is 29.8 Å². The summed E-state index contributed by atoms with van der Waals surface area (Å²) in [5.74, 6) is 0.667. The summed E-state index contributed by atoms with van der Waals surface area (Å²) in [5.41, 5.74) is -0.0425. The van der Waals surface area contributed by atoms with Crippen LogP contribution >= 0.6 is 0 Å². The largest absolute Gasteiger partial charge is 0.490 e. The van der Waals surface area contributed by atoms with Crippen molar-refractivity contribution in [2.75, 3.05) is 26.9 Å². The van der Waals surface area contributed by atoms with E-state index in [1.165, 1.54) is 0 Å². The molecule has 0 aliphatic heterocycles. The Morgan fingerprint density at radius 1 is 1.19 bits per heavy atom. The van der Waals surface area contributed by atoms with E-state index < -0.39 is 5.60 Å². The average molecular weight is 292 g/mol. The lowest BCUT2D eigenvalue weighted by Crippen LogP contribution is -2.39. The van der Waals surface area contributed by atoms with Crippen molar-refractivity contribution >= 4 is 5.78 Å². The number of para-hydroxylation sites is 1. The molecular weight excluding hydrogens is 268 g/mol. The predicted molar refractivity (Wildman–Crippen MR) is 81.0 cm³/mol. The van der Waals surface area contributed by atoms with Gasteiger partial charge in [-0.15, -0.1) is 0 Å². The number of carbonyl (C=O) groups is 1. The molecule has 0 amide bonds. The van der Waals surface area contributed by atoms with Gasteiger partial charge in [-0.25, -0.2) is 0 Å². The number of carbonyl (C=O) groups excluding carboxylic acids is 1. The maximum Gasteiger partial charge on any atom is 0.198 e. The zero-order valence-corrected chi connectivity index (χ0v) is 12.9. The fraction of sp³-hybridized carbons (Fsp3) is 0.588. The lowest BCUT2D eigenvalue weighted by molar-refractivity contribution is -0.0166. The lowest BCUT2D eigenvalue weighted by Gasteiger charge is -2.28. The van der Waals surface area contributed by atoms with Crippen molar-refractivity contribution in [2.45, 2.75) is 38.2 Å². The molecule has 0 heterocycles. The Balaban J connectivity index is 2.21. The van der Waals surface area contributed by atoms with Gasteiger partial charge in [0.1, 0.15) is 18.0 Å². The molecule has 1 aromatic carbocycles. The van der Waals surface area contributed by atoms with Crippen LogP contribution in [-0.4, -0.2) is 38.3 Å². The molecule has 0 atom stereocenters. The highest BCUT2D eigenvalue weighted by molar-refractivity contribution is 6.04. The number of methoxy groups -OCH3 is 1. The average Bonchev–Trinajstić information content (AvgIpc) is 2.97. The van der Waals surface area contributed by atoms with Gasteiger partial charge in [-0.05, 0) is 44.7 Å². The summed E-state index contributed by atoms with van der Waals surface area (Å²) in [5, 5.41) is 0. The first-order valence-electron chi connectivity index (χ1n) is 7.63. The second-order valence-corrected chi connectivity index (χ2v) is 5.30. The monoisotopic (exact) mass is 292 g/mol. The highest BCUT2D eigenvalue weighted by Gasteiger charge is 2.43. The molecule has 0 bridgehead atoms. The summed E-state index contributed by atoms with van der Waals surface area (Å²) in [6, 6.07) is 7.40. The van der Waals surface area contributed by atoms with E-state index in [4.69, 9.17) is 14.2 Å². The fourth-order valence-corrected chi connectivity index (χ4v) is 2.92. The summed E-state index contributed by atoms with van der Waals surface area (Å²) >= 11 is 0. The van der Waals surface area contributed by atoms with Crippen LogP contribution < -0.4 is 4.74 Å². The van der Waals surface area contributed by atoms with Crippen LogP contribution in [0.1, 0.15) is 43.0 Å². The lowest BCUT2D eigenvalue weighted by atomic mass is 9.90. The molecule has 0 radical (unpaired) electrons. The molecule has 1 saturated carbocycles. The van der Waals surface area contributed by atoms with Crippen LogP contribution in [0.2, 0.25) is 0 Å². The summed E-state index contributed by atoms with van der Waals surface area (Å²) in [4.78, 5) is 13.0. The Hall–Kier alpha value is -1.39. The first kappa shape index (κ1) is 16.0. The van der Waals surface area contributed by atoms with Crippen molar-refractivity contribution in [2.24, 2.45) is 0 Å². The Bertz CT molecular complexity index is 464. The Morgan fingerprint density at radius 2 is 1.90 bits per heavy atom. The highest BCUT2D eigenvalue weighted by atomic mass is 16.5. The Morgan fingerprint density at radius 3 is 2.57 bits per heavy atom. The van der Waals surface area contributed by atoms with Gasteiger partial charge in [-0.1, -0.05) is 12.1 Å². The highest BCUT2D eigenvalue weighted by Crippen LogP contribution is 2.38. The summed E-state index contributed by atoms with van der Waals surface area (Å²) < 4.78 is 16.5. The van der Waals surface area contributed by atoms with Gasteiger partial charge in [-0.2, -0.15) is 0 Å². The zero-order valence-electron chi connectivity index (χ0n) is 12.9. The van der Waals surface area contributed by atoms with Gasteiger partial charge in [0, 0.05) is 13.7 Å². The molecule has 2 rings (SSSR count). The third-order valence-corrected chi connectivity index (χ3v) is 3.92. The quantitative estimate of drug-likeness (QED) is 0.545. The Kier molecular flexibility index (Phi) is 5.76. The number of hydrogen-bond donors (Lipinski definition) is 0. The SMILES string of the molecule is CCOC1(C(=O)c2ccccc2OCCOC)CCCC1. The van der Waals surface area contributed by atoms with Crippen LogP contribution in [0.25, 0.3) is 0 Å². The van der Waals surface area contributed by atoms with E-state index in [9.17, 15) is 4.79 Å². The van der Waals surface area contributed by atoms with Crippen LogP contribution in [0.4, 0.5) is 0 Å². The van der Waals surface area contributed by atoms with Crippen LogP contribution in [0, 0.1) is 0 Å². The van der Waals surface area contributed by atoms with E-state index in [-0.39, 0.29) is 5.78 Å². The molecule has 1 aliphatic carbocycles. The molecular formula is C17H24O4. The summed E-state index contributed by atoms with van der Waals surface area (Å²) in [7, 11) is 1.63. The van der Waals surface area contributed by atoms with E-state index in [1.807, 2.05) is 31.2 Å². The fourth-order valence-electron chi connectivity index (χ4n) is 2.92. The minimum Gasteiger partial charge on any atom is -0.490 e. The number of benzene rings is 1. The number of rotatable bonds is 8. The maximum atomic E-state index is 13.0. The van der Waals surface area contributed by atoms with E-state index in [0.29, 0.717) is 31.1 Å². The van der Waals surface area contributed by atoms with Crippen molar-refractivity contribution in [1.82, 2.24) is 0 Å². The predicted octanol–water partition coefficient (Wildman–Crippen LogP) is 3.24. The van der Waals surface area contributed by atoms with Gasteiger partial charge in [0.2, 0.25) is 0 Å². The summed E-state index contributed by atoms with van der Waals surface area (Å²) in [6.07, 6.45) is 3.68. The minimum absolute atomic E-state index is 0.0508. The smallest absolute Gasteiger partial charge is 0.198 e. The van der Waals surface area contributed by atoms with Crippen LogP contribution in [0.15, 0.2) is 24.3 Å². The molecule has 1 aliphatic rings. The third-order valence-electron chi connectivity index (χ3n) is 3.92. The molecule has 1 aromatic rings. The Labute approximate surface area is 126 Å². The number of ketones is 1. The van der Waals surface area contributed by atoms with Crippen LogP contribution in [0.3, 0.4) is 0 Å². The molecule has 0 unspecified atom stereocenters. The van der Waals surface area contributed by atoms with Crippen molar-refractivity contribution in [1.29, 1.82) is 0 Å². The molecule has 21 heavy (non-hydrogen) atoms. The van der Waals surface area contributed by atoms with Gasteiger partial charge in [-0.3, -0.25) is 4.79 Å². The number of ether oxygens (including phenoxy) is 3. The van der Waals surface area contributed by atoms with E-state index in [2.05, 4.69) is 0 Å². The topological polar surface area (TPSA) is 44.8 Å². The standard InChI is InChI=1S/C17H24O4/c1-3-21-17(10-6-7-11-17)16(18)14-8-4-5-9-15(14)20-13-12-19-2/h4-5,8-9H,3,6-7,10-13H2,1-2H3. The minimum atomic E-state index is -0.657. The van der Waals surface area contributed by atoms with Crippen molar-refractivity contribution in [3.8, 4) is 5.75 Å². The molecule has 4 nitrogen and oxygen atoms in total. The second-order valence-electron chi connectivity index (χ2n) is 5.30. The first-order chi connectivity index (χ1) is 10.2. The number of Topliss-reactive ketones (excluding diaryl/α,β-unsaturated/α-hetero) is 1. The van der Waals surface area contributed by atoms with Crippen molar-refractivity contribution < 1.29 is 19.0 Å². The third kappa shape index (κ3) is 3.63. The van der Waals surface area contributed by atoms with E-state index in [0.717, 1.165) is 25.7 Å². The molecule has 0 aromatic heterocycles. The van der Waals surface area contributed by atoms with Gasteiger partial charge in [0.25, 0.3) is 0 Å². The van der Waals surface area contributed by atoms with Gasteiger partial charge < -0.3 is 14.2 Å². The first-order valence-corrected chi connectivity index (χ1v) is 7.63. The van der Waals surface area contributed by atoms with Gasteiger partial charge in [0.15, 0.2) is 5.78 Å². The zero-order chi connectivity index (χ0) is 15.1. The molecule has 0 saturated heterocycles.